The third-order valence-corrected chi connectivity index (χ3v) is 7.43. The smallest absolute Gasteiger partial charge is 0.304 e. The molecule has 1 unspecified atom stereocenters. The van der Waals surface area contributed by atoms with Crippen LogP contribution >= 0.6 is 7.67 Å². The van der Waals surface area contributed by atoms with E-state index in [1.54, 1.807) is 0 Å². The van der Waals surface area contributed by atoms with Crippen molar-refractivity contribution < 1.29 is 9.09 Å². The van der Waals surface area contributed by atoms with Crippen LogP contribution in [0.15, 0.2) is 0 Å². The third kappa shape index (κ3) is 6.72. The van der Waals surface area contributed by atoms with Crippen LogP contribution in [0.1, 0.15) is 68.2 Å². The highest BCUT2D eigenvalue weighted by Crippen LogP contribution is 2.58. The van der Waals surface area contributed by atoms with Gasteiger partial charge in [0, 0.05) is 30.6 Å². The number of nitriles is 2. The van der Waals surface area contributed by atoms with Crippen molar-refractivity contribution in [2.75, 3.05) is 6.61 Å². The van der Waals surface area contributed by atoms with Gasteiger partial charge in [-0.15, -0.1) is 0 Å². The second-order valence-electron chi connectivity index (χ2n) is 7.44. The summed E-state index contributed by atoms with van der Waals surface area (Å²) in [4.78, 5) is 0. The first-order valence-electron chi connectivity index (χ1n) is 9.11. The predicted octanol–water partition coefficient (Wildman–Crippen LogP) is 4.79. The molecule has 7 heteroatoms. The van der Waals surface area contributed by atoms with Crippen LogP contribution in [0.2, 0.25) is 0 Å². The predicted molar refractivity (Wildman–Crippen MR) is 102 cm³/mol. The summed E-state index contributed by atoms with van der Waals surface area (Å²) in [5, 5.41) is 18.0. The maximum absolute atomic E-state index is 14.1. The maximum atomic E-state index is 14.1. The van der Waals surface area contributed by atoms with Crippen molar-refractivity contribution in [1.82, 2.24) is 9.34 Å². The number of hydrogen-bond acceptors (Lipinski definition) is 4. The largest absolute Gasteiger partial charge is 0.347 e. The van der Waals surface area contributed by atoms with E-state index >= 15 is 0 Å². The van der Waals surface area contributed by atoms with E-state index in [-0.39, 0.29) is 30.8 Å². The Kier molecular flexibility index (Phi) is 10.5. The highest BCUT2D eigenvalue weighted by atomic mass is 31.2. The minimum atomic E-state index is -3.33. The van der Waals surface area contributed by atoms with Gasteiger partial charge in [-0.2, -0.15) is 10.5 Å². The lowest BCUT2D eigenvalue weighted by Gasteiger charge is -2.45. The van der Waals surface area contributed by atoms with E-state index in [1.165, 1.54) is 0 Å². The van der Waals surface area contributed by atoms with Crippen molar-refractivity contribution in [3.05, 3.63) is 0 Å². The van der Waals surface area contributed by atoms with Crippen molar-refractivity contribution >= 4 is 7.67 Å². The summed E-state index contributed by atoms with van der Waals surface area (Å²) < 4.78 is 24.0. The fraction of sp³-hybridized carbons (Fsp3) is 0.889. The Morgan fingerprint density at radius 2 is 1.28 bits per heavy atom. The van der Waals surface area contributed by atoms with E-state index < -0.39 is 13.6 Å². The van der Waals surface area contributed by atoms with Crippen LogP contribution in [-0.2, 0) is 9.09 Å². The van der Waals surface area contributed by atoms with Crippen LogP contribution in [0, 0.1) is 28.6 Å². The molecule has 25 heavy (non-hydrogen) atoms. The normalized spacial score (nSPS) is 13.9. The molecule has 0 aromatic carbocycles. The SMILES string of the molecule is CC(C)N(C(C)C)P(=O)(OCC(C#N)CCC#N)N(C(C)C)C(C)C. The Morgan fingerprint density at radius 3 is 1.56 bits per heavy atom. The average molecular weight is 370 g/mol. The Morgan fingerprint density at radius 1 is 0.880 bits per heavy atom. The Balaban J connectivity index is 5.79. The molecule has 0 aromatic heterocycles. The molecular formula is C18H35N4O2P. The number of rotatable bonds is 11. The van der Waals surface area contributed by atoms with E-state index in [0.29, 0.717) is 12.8 Å². The van der Waals surface area contributed by atoms with Crippen LogP contribution in [0.3, 0.4) is 0 Å². The standard InChI is InChI=1S/C18H35N4O2P/c1-14(2)21(15(3)4)25(23,22(16(5)6)17(7)8)24-13-18(12-20)10-9-11-19/h14-18H,9-10,13H2,1-8H3. The van der Waals surface area contributed by atoms with E-state index in [1.807, 2.05) is 64.7 Å². The van der Waals surface area contributed by atoms with Crippen LogP contribution in [0.25, 0.3) is 0 Å². The molecule has 0 rings (SSSR count). The molecule has 0 aliphatic rings. The number of hydrogen-bond donors (Lipinski definition) is 0. The summed E-state index contributed by atoms with van der Waals surface area (Å²) in [6.45, 7) is 16.1. The van der Waals surface area contributed by atoms with Crippen molar-refractivity contribution in [1.29, 1.82) is 10.5 Å². The van der Waals surface area contributed by atoms with Crippen molar-refractivity contribution in [2.24, 2.45) is 5.92 Å². The number of nitrogens with zero attached hydrogens (tertiary/aromatic N) is 4. The quantitative estimate of drug-likeness (QED) is 0.486. The summed E-state index contributed by atoms with van der Waals surface area (Å²) in [5.41, 5.74) is 0. The summed E-state index contributed by atoms with van der Waals surface area (Å²) in [6.07, 6.45) is 0.724. The second-order valence-corrected chi connectivity index (χ2v) is 9.61. The zero-order valence-electron chi connectivity index (χ0n) is 17.1. The summed E-state index contributed by atoms with van der Waals surface area (Å²) in [5.74, 6) is -0.435. The van der Waals surface area contributed by atoms with Gasteiger partial charge in [-0.1, -0.05) is 0 Å². The molecule has 144 valence electrons. The van der Waals surface area contributed by atoms with Gasteiger partial charge in [0.1, 0.15) is 0 Å². The fourth-order valence-corrected chi connectivity index (χ4v) is 6.44. The third-order valence-electron chi connectivity index (χ3n) is 3.93. The zero-order chi connectivity index (χ0) is 19.8. The van der Waals surface area contributed by atoms with E-state index in [0.717, 1.165) is 0 Å². The first kappa shape index (κ1) is 24.1. The first-order chi connectivity index (χ1) is 11.5. The molecule has 0 amide bonds. The molecule has 0 fully saturated rings. The van der Waals surface area contributed by atoms with Crippen molar-refractivity contribution in [3.8, 4) is 12.1 Å². The molecular weight excluding hydrogens is 335 g/mol. The van der Waals surface area contributed by atoms with Crippen molar-refractivity contribution in [3.63, 3.8) is 0 Å². The van der Waals surface area contributed by atoms with E-state index in [2.05, 4.69) is 12.1 Å². The zero-order valence-corrected chi connectivity index (χ0v) is 18.0. The molecule has 0 saturated carbocycles. The molecule has 0 aromatic rings. The molecule has 0 aliphatic carbocycles. The van der Waals surface area contributed by atoms with Crippen LogP contribution in [-0.4, -0.2) is 40.1 Å². The molecule has 0 aliphatic heterocycles. The molecule has 1 atom stereocenters. The Hall–Kier alpha value is -0.910. The molecule has 0 heterocycles. The van der Waals surface area contributed by atoms with Gasteiger partial charge in [0.2, 0.25) is 0 Å². The maximum Gasteiger partial charge on any atom is 0.347 e. The van der Waals surface area contributed by atoms with Crippen LogP contribution < -0.4 is 0 Å². The monoisotopic (exact) mass is 370 g/mol. The summed E-state index contributed by atoms with van der Waals surface area (Å²) in [6, 6.07) is 4.35. The lowest BCUT2D eigenvalue weighted by molar-refractivity contribution is 0.138. The van der Waals surface area contributed by atoms with Gasteiger partial charge < -0.3 is 4.52 Å². The minimum absolute atomic E-state index is 0.0328. The molecule has 0 saturated heterocycles. The van der Waals surface area contributed by atoms with E-state index in [4.69, 9.17) is 9.79 Å². The van der Waals surface area contributed by atoms with Gasteiger partial charge in [0.05, 0.1) is 24.7 Å². The Labute approximate surface area is 154 Å². The summed E-state index contributed by atoms with van der Waals surface area (Å²) in [7, 11) is -3.33. The second kappa shape index (κ2) is 10.9. The first-order valence-corrected chi connectivity index (χ1v) is 10.6. The lowest BCUT2D eigenvalue weighted by atomic mass is 10.1. The molecule has 6 nitrogen and oxygen atoms in total. The molecule has 0 bridgehead atoms. The fourth-order valence-electron chi connectivity index (χ4n) is 3.22. The van der Waals surface area contributed by atoms with Gasteiger partial charge in [-0.3, -0.25) is 4.57 Å². The average Bonchev–Trinajstić information content (AvgIpc) is 2.45. The van der Waals surface area contributed by atoms with Gasteiger partial charge in [-0.25, -0.2) is 9.34 Å². The molecule has 0 N–H and O–H groups in total. The highest BCUT2D eigenvalue weighted by molar-refractivity contribution is 7.54. The van der Waals surface area contributed by atoms with E-state index in [9.17, 15) is 9.83 Å². The molecule has 0 spiro atoms. The van der Waals surface area contributed by atoms with Gasteiger partial charge in [0.15, 0.2) is 0 Å². The van der Waals surface area contributed by atoms with Gasteiger partial charge >= 0.3 is 7.67 Å². The van der Waals surface area contributed by atoms with Gasteiger partial charge in [0.25, 0.3) is 0 Å². The van der Waals surface area contributed by atoms with Crippen molar-refractivity contribution in [2.45, 2.75) is 92.4 Å². The topological polar surface area (TPSA) is 80.4 Å². The van der Waals surface area contributed by atoms with Crippen LogP contribution in [0.5, 0.6) is 0 Å². The Bertz CT molecular complexity index is 480. The van der Waals surface area contributed by atoms with Crippen LogP contribution in [0.4, 0.5) is 0 Å². The minimum Gasteiger partial charge on any atom is -0.304 e. The summed E-state index contributed by atoms with van der Waals surface area (Å²) >= 11 is 0. The lowest BCUT2D eigenvalue weighted by Crippen LogP contribution is -2.45. The highest BCUT2D eigenvalue weighted by Gasteiger charge is 2.44. The van der Waals surface area contributed by atoms with Gasteiger partial charge in [-0.05, 0) is 61.8 Å². The molecule has 0 radical (unpaired) electrons.